The van der Waals surface area contributed by atoms with Gasteiger partial charge in [0.05, 0.1) is 17.1 Å². The number of nitrogens with zero attached hydrogens (tertiary/aromatic N) is 1. The molecule has 0 saturated heterocycles. The maximum Gasteiger partial charge on any atom is 0.255 e. The van der Waals surface area contributed by atoms with E-state index in [2.05, 4.69) is 6.58 Å². The van der Waals surface area contributed by atoms with E-state index in [0.717, 1.165) is 0 Å². The molecule has 0 aromatic heterocycles. The predicted molar refractivity (Wildman–Crippen MR) is 75.8 cm³/mol. The third-order valence-corrected chi connectivity index (χ3v) is 3.60. The van der Waals surface area contributed by atoms with Crippen molar-refractivity contribution in [1.29, 1.82) is 0 Å². The van der Waals surface area contributed by atoms with Crippen molar-refractivity contribution in [3.63, 3.8) is 0 Å². The van der Waals surface area contributed by atoms with E-state index >= 15 is 0 Å². The highest BCUT2D eigenvalue weighted by molar-refractivity contribution is 7.89. The molecule has 0 bridgehead atoms. The standard InChI is InChI=1S/C13H18N2O4S/c1-3-8-15(9-10-19-2)13(16)11-6-4-5-7-12(11)20(14,17)18/h3-7H,1,8-10H2,2H3,(H2,14,17,18). The van der Waals surface area contributed by atoms with E-state index in [9.17, 15) is 13.2 Å². The second-order valence-electron chi connectivity index (χ2n) is 4.07. The van der Waals surface area contributed by atoms with Crippen molar-refractivity contribution in [3.05, 3.63) is 42.5 Å². The molecule has 1 amide bonds. The Morgan fingerprint density at radius 2 is 2.10 bits per heavy atom. The third-order valence-electron chi connectivity index (χ3n) is 2.63. The Hall–Kier alpha value is -1.70. The summed E-state index contributed by atoms with van der Waals surface area (Å²) in [6.45, 7) is 4.55. The maximum atomic E-state index is 12.4. The normalized spacial score (nSPS) is 11.1. The molecular formula is C13H18N2O4S. The molecule has 0 atom stereocenters. The number of carbonyl (C=O) groups excluding carboxylic acids is 1. The van der Waals surface area contributed by atoms with Gasteiger partial charge in [-0.1, -0.05) is 18.2 Å². The third kappa shape index (κ3) is 4.16. The summed E-state index contributed by atoms with van der Waals surface area (Å²) in [5.74, 6) is -0.424. The van der Waals surface area contributed by atoms with Gasteiger partial charge < -0.3 is 9.64 Å². The number of rotatable bonds is 7. The van der Waals surface area contributed by atoms with E-state index < -0.39 is 15.9 Å². The maximum absolute atomic E-state index is 12.4. The lowest BCUT2D eigenvalue weighted by atomic mass is 10.2. The van der Waals surface area contributed by atoms with Gasteiger partial charge in [-0.2, -0.15) is 0 Å². The van der Waals surface area contributed by atoms with Gasteiger partial charge in [0.15, 0.2) is 0 Å². The lowest BCUT2D eigenvalue weighted by molar-refractivity contribution is 0.0714. The molecule has 1 rings (SSSR count). The quantitative estimate of drug-likeness (QED) is 0.747. The summed E-state index contributed by atoms with van der Waals surface area (Å²) in [6, 6.07) is 5.85. The molecule has 0 heterocycles. The zero-order chi connectivity index (χ0) is 15.2. The molecule has 20 heavy (non-hydrogen) atoms. The summed E-state index contributed by atoms with van der Waals surface area (Å²) in [6.07, 6.45) is 1.56. The highest BCUT2D eigenvalue weighted by Gasteiger charge is 2.22. The van der Waals surface area contributed by atoms with Crippen molar-refractivity contribution in [1.82, 2.24) is 4.90 Å². The first-order chi connectivity index (χ1) is 9.41. The van der Waals surface area contributed by atoms with E-state index in [1.807, 2.05) is 0 Å². The van der Waals surface area contributed by atoms with Crippen LogP contribution >= 0.6 is 0 Å². The first kappa shape index (κ1) is 16.4. The Kier molecular flexibility index (Phi) is 5.87. The number of benzene rings is 1. The summed E-state index contributed by atoms with van der Waals surface area (Å²) in [5.41, 5.74) is 0.0490. The molecule has 110 valence electrons. The number of carbonyl (C=O) groups is 1. The monoisotopic (exact) mass is 298 g/mol. The zero-order valence-corrected chi connectivity index (χ0v) is 12.1. The van der Waals surface area contributed by atoms with Crippen molar-refractivity contribution in [2.45, 2.75) is 4.90 Å². The number of amides is 1. The predicted octanol–water partition coefficient (Wildman–Crippen LogP) is 0.609. The second-order valence-corrected chi connectivity index (χ2v) is 5.60. The molecule has 0 fully saturated rings. The molecule has 0 aliphatic rings. The summed E-state index contributed by atoms with van der Waals surface area (Å²) < 4.78 is 28.0. The Morgan fingerprint density at radius 3 is 2.65 bits per heavy atom. The molecule has 0 saturated carbocycles. The fraction of sp³-hybridized carbons (Fsp3) is 0.308. The Labute approximate surface area is 118 Å². The number of nitrogens with two attached hydrogens (primary N) is 1. The molecular weight excluding hydrogens is 280 g/mol. The van der Waals surface area contributed by atoms with Crippen molar-refractivity contribution in [3.8, 4) is 0 Å². The molecule has 0 unspecified atom stereocenters. The van der Waals surface area contributed by atoms with Crippen LogP contribution in [-0.2, 0) is 14.8 Å². The molecule has 0 aliphatic heterocycles. The summed E-state index contributed by atoms with van der Waals surface area (Å²) >= 11 is 0. The minimum absolute atomic E-state index is 0.0490. The largest absolute Gasteiger partial charge is 0.383 e. The molecule has 7 heteroatoms. The Bertz CT molecular complexity index is 584. The molecule has 0 radical (unpaired) electrons. The van der Waals surface area contributed by atoms with Crippen LogP contribution in [0.15, 0.2) is 41.8 Å². The van der Waals surface area contributed by atoms with E-state index in [4.69, 9.17) is 9.88 Å². The van der Waals surface area contributed by atoms with Crippen LogP contribution < -0.4 is 5.14 Å². The average Bonchev–Trinajstić information content (AvgIpc) is 2.42. The molecule has 0 aliphatic carbocycles. The van der Waals surface area contributed by atoms with Crippen LogP contribution in [0.25, 0.3) is 0 Å². The number of hydrogen-bond donors (Lipinski definition) is 1. The summed E-state index contributed by atoms with van der Waals surface area (Å²) in [7, 11) is -2.43. The molecule has 0 spiro atoms. The van der Waals surface area contributed by atoms with Gasteiger partial charge in [0.2, 0.25) is 10.0 Å². The van der Waals surface area contributed by atoms with Gasteiger partial charge in [0.25, 0.3) is 5.91 Å². The van der Waals surface area contributed by atoms with Crippen LogP contribution in [0.1, 0.15) is 10.4 Å². The van der Waals surface area contributed by atoms with Crippen molar-refractivity contribution in [2.75, 3.05) is 26.8 Å². The smallest absolute Gasteiger partial charge is 0.255 e. The molecule has 6 nitrogen and oxygen atoms in total. The van der Waals surface area contributed by atoms with E-state index in [-0.39, 0.29) is 10.5 Å². The van der Waals surface area contributed by atoms with Gasteiger partial charge in [0.1, 0.15) is 0 Å². The highest BCUT2D eigenvalue weighted by atomic mass is 32.2. The van der Waals surface area contributed by atoms with E-state index in [1.165, 1.54) is 30.2 Å². The first-order valence-electron chi connectivity index (χ1n) is 5.92. The number of primary sulfonamides is 1. The van der Waals surface area contributed by atoms with Crippen LogP contribution in [0.5, 0.6) is 0 Å². The van der Waals surface area contributed by atoms with Gasteiger partial charge in [-0.25, -0.2) is 13.6 Å². The second kappa shape index (κ2) is 7.18. The minimum Gasteiger partial charge on any atom is -0.383 e. The summed E-state index contributed by atoms with van der Waals surface area (Å²) in [4.78, 5) is 13.7. The van der Waals surface area contributed by atoms with Gasteiger partial charge in [-0.15, -0.1) is 6.58 Å². The van der Waals surface area contributed by atoms with Crippen LogP contribution in [-0.4, -0.2) is 46.0 Å². The van der Waals surface area contributed by atoms with E-state index in [1.54, 1.807) is 12.1 Å². The van der Waals surface area contributed by atoms with Gasteiger partial charge in [-0.3, -0.25) is 4.79 Å². The zero-order valence-electron chi connectivity index (χ0n) is 11.3. The van der Waals surface area contributed by atoms with Crippen LogP contribution in [0.2, 0.25) is 0 Å². The van der Waals surface area contributed by atoms with Crippen LogP contribution in [0.4, 0.5) is 0 Å². The number of ether oxygens (including phenoxy) is 1. The average molecular weight is 298 g/mol. The highest BCUT2D eigenvalue weighted by Crippen LogP contribution is 2.16. The lowest BCUT2D eigenvalue weighted by Crippen LogP contribution is -2.35. The molecule has 1 aromatic rings. The van der Waals surface area contributed by atoms with E-state index in [0.29, 0.717) is 19.7 Å². The van der Waals surface area contributed by atoms with Crippen molar-refractivity contribution in [2.24, 2.45) is 5.14 Å². The molecule has 1 aromatic carbocycles. The minimum atomic E-state index is -3.95. The molecule has 2 N–H and O–H groups in total. The SMILES string of the molecule is C=CCN(CCOC)C(=O)c1ccccc1S(N)(=O)=O. The van der Waals surface area contributed by atoms with Crippen molar-refractivity contribution < 1.29 is 17.9 Å². The van der Waals surface area contributed by atoms with Gasteiger partial charge >= 0.3 is 0 Å². The number of methoxy groups -OCH3 is 1. The lowest BCUT2D eigenvalue weighted by Gasteiger charge is -2.21. The number of hydrogen-bond acceptors (Lipinski definition) is 4. The first-order valence-corrected chi connectivity index (χ1v) is 7.47. The summed E-state index contributed by atoms with van der Waals surface area (Å²) in [5, 5.41) is 5.13. The topological polar surface area (TPSA) is 89.7 Å². The fourth-order valence-corrected chi connectivity index (χ4v) is 2.42. The van der Waals surface area contributed by atoms with Crippen molar-refractivity contribution >= 4 is 15.9 Å². The van der Waals surface area contributed by atoms with Crippen LogP contribution in [0.3, 0.4) is 0 Å². The number of sulfonamides is 1. The van der Waals surface area contributed by atoms with Crippen LogP contribution in [0, 0.1) is 0 Å². The van der Waals surface area contributed by atoms with Gasteiger partial charge in [0, 0.05) is 20.2 Å². The van der Waals surface area contributed by atoms with Gasteiger partial charge in [-0.05, 0) is 12.1 Å². The Morgan fingerprint density at radius 1 is 1.45 bits per heavy atom. The fourth-order valence-electron chi connectivity index (χ4n) is 1.69. The Balaban J connectivity index is 3.15.